The fourth-order valence-corrected chi connectivity index (χ4v) is 4.93. The Balaban J connectivity index is 1.68. The number of hydrogen-bond donors (Lipinski definition) is 0. The third-order valence-electron chi connectivity index (χ3n) is 4.92. The molecule has 7 heteroatoms. The van der Waals surface area contributed by atoms with E-state index in [1.54, 1.807) is 23.1 Å². The Kier molecular flexibility index (Phi) is 6.36. The van der Waals surface area contributed by atoms with E-state index in [1.165, 1.54) is 4.31 Å². The monoisotopic (exact) mass is 402 g/mol. The molecule has 0 spiro atoms. The van der Waals surface area contributed by atoms with E-state index in [-0.39, 0.29) is 17.2 Å². The van der Waals surface area contributed by atoms with E-state index < -0.39 is 10.0 Å². The van der Waals surface area contributed by atoms with Crippen LogP contribution in [0.5, 0.6) is 5.75 Å². The van der Waals surface area contributed by atoms with Crippen molar-refractivity contribution in [3.63, 3.8) is 0 Å². The summed E-state index contributed by atoms with van der Waals surface area (Å²) in [4.78, 5) is 14.6. The number of sulfonamides is 1. The molecule has 2 aromatic rings. The van der Waals surface area contributed by atoms with Crippen LogP contribution in [-0.4, -0.2) is 44.9 Å². The molecule has 3 rings (SSSR count). The number of carbonyl (C=O) groups is 1. The quantitative estimate of drug-likeness (QED) is 0.681. The van der Waals surface area contributed by atoms with Gasteiger partial charge in [0.2, 0.25) is 15.9 Å². The van der Waals surface area contributed by atoms with Crippen molar-refractivity contribution in [2.75, 3.05) is 31.1 Å². The Hall–Kier alpha value is -2.38. The Morgan fingerprint density at radius 2 is 1.82 bits per heavy atom. The van der Waals surface area contributed by atoms with Gasteiger partial charge in [-0.2, -0.15) is 4.31 Å². The molecule has 150 valence electrons. The Bertz CT molecular complexity index is 925. The molecule has 0 atom stereocenters. The number of para-hydroxylation sites is 1. The fourth-order valence-electron chi connectivity index (χ4n) is 3.42. The zero-order valence-electron chi connectivity index (χ0n) is 16.3. The molecule has 2 aromatic carbocycles. The van der Waals surface area contributed by atoms with E-state index in [2.05, 4.69) is 0 Å². The standard InChI is InChI=1S/C21H26N2O4S/c1-3-22(4-2)28(25,26)19-10-11-20-17(16-19)12-14-23(20)21(24)13-15-27-18-8-6-5-7-9-18/h5-11,16H,3-4,12-15H2,1-2H3. The number of fused-ring (bicyclic) bond motifs is 1. The average molecular weight is 403 g/mol. The van der Waals surface area contributed by atoms with Crippen LogP contribution in [0.15, 0.2) is 53.4 Å². The van der Waals surface area contributed by atoms with Gasteiger partial charge in [-0.15, -0.1) is 0 Å². The van der Waals surface area contributed by atoms with E-state index in [9.17, 15) is 13.2 Å². The lowest BCUT2D eigenvalue weighted by Gasteiger charge is -2.20. The van der Waals surface area contributed by atoms with Gasteiger partial charge in [0.1, 0.15) is 5.75 Å². The van der Waals surface area contributed by atoms with Crippen molar-refractivity contribution in [3.05, 3.63) is 54.1 Å². The van der Waals surface area contributed by atoms with Gasteiger partial charge in [0.15, 0.2) is 0 Å². The lowest BCUT2D eigenvalue weighted by molar-refractivity contribution is -0.119. The van der Waals surface area contributed by atoms with Crippen LogP contribution in [0.3, 0.4) is 0 Å². The molecule has 1 aliphatic heterocycles. The summed E-state index contributed by atoms with van der Waals surface area (Å²) in [5.41, 5.74) is 1.69. The number of carbonyl (C=O) groups excluding carboxylic acids is 1. The summed E-state index contributed by atoms with van der Waals surface area (Å²) in [7, 11) is -3.50. The van der Waals surface area contributed by atoms with Gasteiger partial charge in [0.05, 0.1) is 17.9 Å². The molecule has 28 heavy (non-hydrogen) atoms. The average Bonchev–Trinajstić information content (AvgIpc) is 3.13. The van der Waals surface area contributed by atoms with Gasteiger partial charge in [-0.25, -0.2) is 8.42 Å². The maximum absolute atomic E-state index is 12.7. The van der Waals surface area contributed by atoms with E-state index in [0.717, 1.165) is 17.0 Å². The van der Waals surface area contributed by atoms with Crippen LogP contribution in [0.1, 0.15) is 25.8 Å². The largest absolute Gasteiger partial charge is 0.493 e. The summed E-state index contributed by atoms with van der Waals surface area (Å²) in [5.74, 6) is 0.720. The van der Waals surface area contributed by atoms with Gasteiger partial charge in [-0.3, -0.25) is 4.79 Å². The second kappa shape index (κ2) is 8.75. The fraction of sp³-hybridized carbons (Fsp3) is 0.381. The van der Waals surface area contributed by atoms with E-state index in [0.29, 0.717) is 32.7 Å². The van der Waals surface area contributed by atoms with E-state index in [4.69, 9.17) is 4.74 Å². The van der Waals surface area contributed by atoms with Crippen LogP contribution >= 0.6 is 0 Å². The summed E-state index contributed by atoms with van der Waals surface area (Å²) in [5, 5.41) is 0. The number of ether oxygens (including phenoxy) is 1. The smallest absolute Gasteiger partial charge is 0.243 e. The van der Waals surface area contributed by atoms with Crippen molar-refractivity contribution in [2.45, 2.75) is 31.6 Å². The number of benzene rings is 2. The second-order valence-corrected chi connectivity index (χ2v) is 8.52. The highest BCUT2D eigenvalue weighted by molar-refractivity contribution is 7.89. The molecule has 1 amide bonds. The first-order valence-electron chi connectivity index (χ1n) is 9.58. The predicted molar refractivity (Wildman–Crippen MR) is 109 cm³/mol. The molecule has 0 aliphatic carbocycles. The summed E-state index contributed by atoms with van der Waals surface area (Å²) in [6.45, 7) is 5.39. The van der Waals surface area contributed by atoms with Gasteiger partial charge in [-0.05, 0) is 42.3 Å². The van der Waals surface area contributed by atoms with E-state index >= 15 is 0 Å². The van der Waals surface area contributed by atoms with Crippen molar-refractivity contribution in [1.29, 1.82) is 0 Å². The zero-order valence-corrected chi connectivity index (χ0v) is 17.1. The zero-order chi connectivity index (χ0) is 20.1. The maximum Gasteiger partial charge on any atom is 0.243 e. The summed E-state index contributed by atoms with van der Waals surface area (Å²) < 4.78 is 32.5. The van der Waals surface area contributed by atoms with Gasteiger partial charge in [0, 0.05) is 25.3 Å². The van der Waals surface area contributed by atoms with Crippen LogP contribution in [0, 0.1) is 0 Å². The molecular formula is C21H26N2O4S. The minimum Gasteiger partial charge on any atom is -0.493 e. The molecule has 1 heterocycles. The second-order valence-electron chi connectivity index (χ2n) is 6.59. The highest BCUT2D eigenvalue weighted by Gasteiger charge is 2.28. The van der Waals surface area contributed by atoms with Crippen molar-refractivity contribution in [2.24, 2.45) is 0 Å². The SMILES string of the molecule is CCN(CC)S(=O)(=O)c1ccc2c(c1)CCN2C(=O)CCOc1ccccc1. The van der Waals surface area contributed by atoms with Crippen LogP contribution in [0.4, 0.5) is 5.69 Å². The molecule has 0 aromatic heterocycles. The number of nitrogens with zero attached hydrogens (tertiary/aromatic N) is 2. The molecule has 0 N–H and O–H groups in total. The Morgan fingerprint density at radius 1 is 1.11 bits per heavy atom. The minimum absolute atomic E-state index is 0.0194. The third kappa shape index (κ3) is 4.20. The number of anilines is 1. The van der Waals surface area contributed by atoms with Crippen molar-refractivity contribution in [3.8, 4) is 5.75 Å². The first-order valence-corrected chi connectivity index (χ1v) is 11.0. The van der Waals surface area contributed by atoms with Crippen LogP contribution in [0.25, 0.3) is 0 Å². The van der Waals surface area contributed by atoms with Gasteiger partial charge in [-0.1, -0.05) is 32.0 Å². The third-order valence-corrected chi connectivity index (χ3v) is 6.96. The maximum atomic E-state index is 12.7. The van der Waals surface area contributed by atoms with Crippen molar-refractivity contribution in [1.82, 2.24) is 4.31 Å². The highest BCUT2D eigenvalue weighted by Crippen LogP contribution is 2.31. The molecule has 1 aliphatic rings. The first-order chi connectivity index (χ1) is 13.5. The van der Waals surface area contributed by atoms with Gasteiger partial charge >= 0.3 is 0 Å². The Labute approximate surface area is 166 Å². The lowest BCUT2D eigenvalue weighted by Crippen LogP contribution is -2.31. The first kappa shape index (κ1) is 20.4. The molecule has 0 saturated heterocycles. The molecular weight excluding hydrogens is 376 g/mol. The summed E-state index contributed by atoms with van der Waals surface area (Å²) >= 11 is 0. The number of rotatable bonds is 8. The van der Waals surface area contributed by atoms with Gasteiger partial charge < -0.3 is 9.64 Å². The minimum atomic E-state index is -3.50. The van der Waals surface area contributed by atoms with Crippen LogP contribution < -0.4 is 9.64 Å². The Morgan fingerprint density at radius 3 is 2.50 bits per heavy atom. The molecule has 6 nitrogen and oxygen atoms in total. The summed E-state index contributed by atoms with van der Waals surface area (Å²) in [6, 6.07) is 14.4. The molecule has 0 fully saturated rings. The summed E-state index contributed by atoms with van der Waals surface area (Å²) in [6.07, 6.45) is 0.927. The molecule has 0 saturated carbocycles. The van der Waals surface area contributed by atoms with Crippen molar-refractivity contribution >= 4 is 21.6 Å². The lowest BCUT2D eigenvalue weighted by atomic mass is 10.2. The van der Waals surface area contributed by atoms with Gasteiger partial charge in [0.25, 0.3) is 0 Å². The number of amides is 1. The van der Waals surface area contributed by atoms with Crippen molar-refractivity contribution < 1.29 is 17.9 Å². The topological polar surface area (TPSA) is 66.9 Å². The highest BCUT2D eigenvalue weighted by atomic mass is 32.2. The predicted octanol–water partition coefficient (Wildman–Crippen LogP) is 3.08. The normalized spacial score (nSPS) is 13.6. The molecule has 0 bridgehead atoms. The number of hydrogen-bond acceptors (Lipinski definition) is 4. The van der Waals surface area contributed by atoms with E-state index in [1.807, 2.05) is 44.2 Å². The van der Waals surface area contributed by atoms with Crippen LogP contribution in [-0.2, 0) is 21.2 Å². The molecule has 0 radical (unpaired) electrons. The van der Waals surface area contributed by atoms with Crippen LogP contribution in [0.2, 0.25) is 0 Å². The molecule has 0 unspecified atom stereocenters.